The van der Waals surface area contributed by atoms with Crippen LogP contribution >= 0.6 is 11.8 Å². The molecule has 2 N–H and O–H groups in total. The van der Waals surface area contributed by atoms with Gasteiger partial charge in [-0.2, -0.15) is 11.8 Å². The van der Waals surface area contributed by atoms with Crippen molar-refractivity contribution in [1.82, 2.24) is 9.29 Å². The van der Waals surface area contributed by atoms with Crippen molar-refractivity contribution in [2.24, 2.45) is 7.05 Å². The number of sulfonamides is 1. The van der Waals surface area contributed by atoms with Crippen molar-refractivity contribution in [2.75, 3.05) is 12.8 Å². The third kappa shape index (κ3) is 3.44. The molecule has 21 heavy (non-hydrogen) atoms. The highest BCUT2D eigenvalue weighted by Gasteiger charge is 2.34. The van der Waals surface area contributed by atoms with Gasteiger partial charge in [0.2, 0.25) is 10.0 Å². The lowest BCUT2D eigenvalue weighted by molar-refractivity contribution is 0.0686. The zero-order chi connectivity index (χ0) is 15.7. The molecule has 0 bridgehead atoms. The quantitative estimate of drug-likeness (QED) is 0.827. The zero-order valence-corrected chi connectivity index (χ0v) is 13.8. The Morgan fingerprint density at radius 2 is 2.10 bits per heavy atom. The predicted molar refractivity (Wildman–Crippen MR) is 82.3 cm³/mol. The van der Waals surface area contributed by atoms with E-state index >= 15 is 0 Å². The molecule has 118 valence electrons. The highest BCUT2D eigenvalue weighted by atomic mass is 32.2. The summed E-state index contributed by atoms with van der Waals surface area (Å²) < 4.78 is 28.5. The number of hydrogen-bond acceptors (Lipinski definition) is 4. The molecule has 2 rings (SSSR count). The van der Waals surface area contributed by atoms with Crippen LogP contribution in [0.4, 0.5) is 0 Å². The Hall–Kier alpha value is -0.990. The van der Waals surface area contributed by atoms with E-state index in [1.54, 1.807) is 11.8 Å². The van der Waals surface area contributed by atoms with Gasteiger partial charge in [0, 0.05) is 24.5 Å². The Morgan fingerprint density at radius 3 is 2.57 bits per heavy atom. The van der Waals surface area contributed by atoms with E-state index in [0.717, 1.165) is 25.7 Å². The fraction of sp³-hybridized carbons (Fsp3) is 0.615. The monoisotopic (exact) mass is 332 g/mol. The summed E-state index contributed by atoms with van der Waals surface area (Å²) >= 11 is 1.70. The van der Waals surface area contributed by atoms with Crippen LogP contribution in [-0.2, 0) is 17.1 Å². The highest BCUT2D eigenvalue weighted by molar-refractivity contribution is 8.00. The molecule has 0 radical (unpaired) electrons. The maximum absolute atomic E-state index is 12.3. The second-order valence-corrected chi connectivity index (χ2v) is 8.44. The van der Waals surface area contributed by atoms with E-state index in [-0.39, 0.29) is 15.3 Å². The van der Waals surface area contributed by atoms with Gasteiger partial charge in [0.1, 0.15) is 10.6 Å². The van der Waals surface area contributed by atoms with Crippen molar-refractivity contribution in [3.63, 3.8) is 0 Å². The Morgan fingerprint density at radius 1 is 1.48 bits per heavy atom. The molecular formula is C13H20N2O4S2. The number of aromatic nitrogens is 1. The van der Waals surface area contributed by atoms with Crippen LogP contribution in [0.2, 0.25) is 0 Å². The number of carbonyl (C=O) groups is 1. The maximum atomic E-state index is 12.3. The summed E-state index contributed by atoms with van der Waals surface area (Å²) in [5, 5.41) is 8.99. The van der Waals surface area contributed by atoms with Gasteiger partial charge in [-0.3, -0.25) is 0 Å². The first-order chi connectivity index (χ1) is 9.80. The summed E-state index contributed by atoms with van der Waals surface area (Å²) in [6.45, 7) is 0.383. The zero-order valence-electron chi connectivity index (χ0n) is 12.1. The third-order valence-electron chi connectivity index (χ3n) is 4.04. The summed E-state index contributed by atoms with van der Waals surface area (Å²) in [5.41, 5.74) is -0.0455. The van der Waals surface area contributed by atoms with Gasteiger partial charge in [-0.15, -0.1) is 0 Å². The molecular weight excluding hydrogens is 312 g/mol. The van der Waals surface area contributed by atoms with Crippen LogP contribution in [0.25, 0.3) is 0 Å². The fourth-order valence-electron chi connectivity index (χ4n) is 2.68. The normalized spacial score (nSPS) is 18.0. The molecule has 8 heteroatoms. The Bertz CT molecular complexity index is 631. The first kappa shape index (κ1) is 16.4. The number of aromatic carboxylic acids is 1. The summed E-state index contributed by atoms with van der Waals surface area (Å²) in [7, 11) is -2.16. The van der Waals surface area contributed by atoms with E-state index in [2.05, 4.69) is 4.72 Å². The first-order valence-corrected chi connectivity index (χ1v) is 9.45. The van der Waals surface area contributed by atoms with Crippen LogP contribution in [0.5, 0.6) is 0 Å². The Balaban J connectivity index is 2.15. The Kier molecular flexibility index (Phi) is 4.69. The van der Waals surface area contributed by atoms with Crippen molar-refractivity contribution in [2.45, 2.75) is 35.3 Å². The number of nitrogens with zero attached hydrogens (tertiary/aromatic N) is 1. The van der Waals surface area contributed by atoms with E-state index in [1.165, 1.54) is 23.9 Å². The average molecular weight is 332 g/mol. The molecule has 1 aromatic heterocycles. The molecule has 1 heterocycles. The summed E-state index contributed by atoms with van der Waals surface area (Å²) in [4.78, 5) is 11.0. The number of rotatable bonds is 6. The lowest BCUT2D eigenvalue weighted by Crippen LogP contribution is -2.38. The van der Waals surface area contributed by atoms with Gasteiger partial charge in [-0.25, -0.2) is 17.9 Å². The van der Waals surface area contributed by atoms with Gasteiger partial charge >= 0.3 is 5.97 Å². The fourth-order valence-corrected chi connectivity index (χ4v) is 4.88. The number of nitrogens with one attached hydrogen (secondary N) is 1. The molecule has 1 saturated carbocycles. The van der Waals surface area contributed by atoms with Gasteiger partial charge in [-0.05, 0) is 25.2 Å². The minimum absolute atomic E-state index is 0.00310. The van der Waals surface area contributed by atoms with Gasteiger partial charge in [0.15, 0.2) is 0 Å². The second kappa shape index (κ2) is 6.02. The number of carboxylic acid groups (broad SMARTS) is 1. The summed E-state index contributed by atoms with van der Waals surface area (Å²) in [6, 6.07) is 1.19. The Labute approximate surface area is 129 Å². The van der Waals surface area contributed by atoms with Crippen molar-refractivity contribution >= 4 is 27.8 Å². The van der Waals surface area contributed by atoms with Crippen LogP contribution in [-0.4, -0.2) is 41.6 Å². The van der Waals surface area contributed by atoms with E-state index in [1.807, 2.05) is 6.26 Å². The largest absolute Gasteiger partial charge is 0.477 e. The van der Waals surface area contributed by atoms with Gasteiger partial charge in [0.25, 0.3) is 0 Å². The molecule has 0 saturated heterocycles. The molecule has 1 aromatic rings. The van der Waals surface area contributed by atoms with Crippen LogP contribution in [0.1, 0.15) is 36.2 Å². The molecule has 1 aliphatic rings. The van der Waals surface area contributed by atoms with Crippen LogP contribution in [0.3, 0.4) is 0 Å². The summed E-state index contributed by atoms with van der Waals surface area (Å²) in [6.07, 6.45) is 7.59. The molecule has 6 nitrogen and oxygen atoms in total. The first-order valence-electron chi connectivity index (χ1n) is 6.74. The van der Waals surface area contributed by atoms with E-state index in [0.29, 0.717) is 6.54 Å². The van der Waals surface area contributed by atoms with E-state index in [9.17, 15) is 13.2 Å². The van der Waals surface area contributed by atoms with Crippen LogP contribution < -0.4 is 4.72 Å². The van der Waals surface area contributed by atoms with Crippen molar-refractivity contribution in [3.8, 4) is 0 Å². The maximum Gasteiger partial charge on any atom is 0.352 e. The lowest BCUT2D eigenvalue weighted by Gasteiger charge is -2.26. The smallest absolute Gasteiger partial charge is 0.352 e. The highest BCUT2D eigenvalue weighted by Crippen LogP contribution is 2.39. The van der Waals surface area contributed by atoms with Crippen molar-refractivity contribution in [3.05, 3.63) is 18.0 Å². The molecule has 0 atom stereocenters. The van der Waals surface area contributed by atoms with Crippen LogP contribution in [0.15, 0.2) is 17.2 Å². The van der Waals surface area contributed by atoms with E-state index in [4.69, 9.17) is 5.11 Å². The van der Waals surface area contributed by atoms with Crippen LogP contribution in [0, 0.1) is 0 Å². The standard InChI is InChI=1S/C13H20N2O4S2/c1-15-8-10(7-11(15)12(16)17)21(18,19)14-9-13(20-2)5-3-4-6-13/h7-8,14H,3-6,9H2,1-2H3,(H,16,17). The lowest BCUT2D eigenvalue weighted by atomic mass is 10.1. The van der Waals surface area contributed by atoms with Gasteiger partial charge in [0.05, 0.1) is 0 Å². The predicted octanol–water partition coefficient (Wildman–Crippen LogP) is 1.68. The topological polar surface area (TPSA) is 88.4 Å². The molecule has 0 amide bonds. The van der Waals surface area contributed by atoms with Crippen molar-refractivity contribution in [1.29, 1.82) is 0 Å². The van der Waals surface area contributed by atoms with Crippen molar-refractivity contribution < 1.29 is 18.3 Å². The average Bonchev–Trinajstić information content (AvgIpc) is 3.04. The molecule has 0 spiro atoms. The molecule has 0 unspecified atom stereocenters. The molecule has 0 aromatic carbocycles. The molecule has 1 fully saturated rings. The summed E-state index contributed by atoms with van der Waals surface area (Å²) in [5.74, 6) is -1.14. The molecule has 1 aliphatic carbocycles. The minimum Gasteiger partial charge on any atom is -0.477 e. The number of aryl methyl sites for hydroxylation is 1. The minimum atomic E-state index is -3.68. The molecule has 0 aliphatic heterocycles. The van der Waals surface area contributed by atoms with Gasteiger partial charge in [-0.1, -0.05) is 12.8 Å². The number of carboxylic acids is 1. The number of hydrogen-bond donors (Lipinski definition) is 2. The van der Waals surface area contributed by atoms with Gasteiger partial charge < -0.3 is 9.67 Å². The SMILES string of the molecule is CSC1(CNS(=O)(=O)c2cc(C(=O)O)n(C)c2)CCCC1. The third-order valence-corrected chi connectivity index (χ3v) is 6.83. The second-order valence-electron chi connectivity index (χ2n) is 5.40. The number of thioether (sulfide) groups is 1. The van der Waals surface area contributed by atoms with E-state index < -0.39 is 16.0 Å².